The van der Waals surface area contributed by atoms with E-state index in [1.807, 2.05) is 6.92 Å². The standard InChI is InChI=1S/C21H22F3N7S2/c1-11-9-32-19(29-11)20(10-25)12-4-6-31(8-13(12)20)15-7-28-18(17(26)30-15)33-14-3-2-5-27-16(14)21(22,23)24/h2-3,5,7,9,12-13H,4,6,8,10,25H2,1H3,(H2,26,30)/t12-,13+,20+/m1/s1. The van der Waals surface area contributed by atoms with E-state index in [9.17, 15) is 13.2 Å². The van der Waals surface area contributed by atoms with E-state index in [1.54, 1.807) is 17.5 Å². The smallest absolute Gasteiger partial charge is 0.381 e. The van der Waals surface area contributed by atoms with E-state index in [2.05, 4.69) is 25.2 Å². The molecule has 0 radical (unpaired) electrons. The van der Waals surface area contributed by atoms with Crippen LogP contribution in [0.3, 0.4) is 0 Å². The molecule has 7 nitrogen and oxygen atoms in total. The van der Waals surface area contributed by atoms with Gasteiger partial charge in [0, 0.05) is 47.2 Å². The highest BCUT2D eigenvalue weighted by Gasteiger charge is 2.67. The van der Waals surface area contributed by atoms with Gasteiger partial charge in [0.15, 0.2) is 11.5 Å². The van der Waals surface area contributed by atoms with Gasteiger partial charge in [0.05, 0.1) is 6.20 Å². The Balaban J connectivity index is 1.34. The van der Waals surface area contributed by atoms with E-state index in [0.29, 0.717) is 24.2 Å². The maximum Gasteiger partial charge on any atom is 0.434 e. The lowest BCUT2D eigenvalue weighted by Gasteiger charge is -2.27. The molecule has 4 N–H and O–H groups in total. The number of hydrogen-bond acceptors (Lipinski definition) is 9. The third kappa shape index (κ3) is 3.83. The summed E-state index contributed by atoms with van der Waals surface area (Å²) in [5, 5.41) is 3.38. The zero-order valence-corrected chi connectivity index (χ0v) is 19.3. The number of rotatable bonds is 5. The van der Waals surface area contributed by atoms with Gasteiger partial charge in [-0.1, -0.05) is 11.8 Å². The summed E-state index contributed by atoms with van der Waals surface area (Å²) in [6.45, 7) is 4.10. The van der Waals surface area contributed by atoms with E-state index < -0.39 is 11.9 Å². The highest BCUT2D eigenvalue weighted by atomic mass is 32.2. The van der Waals surface area contributed by atoms with Gasteiger partial charge in [-0.25, -0.2) is 15.0 Å². The van der Waals surface area contributed by atoms with Gasteiger partial charge >= 0.3 is 6.18 Å². The largest absolute Gasteiger partial charge is 0.434 e. The van der Waals surface area contributed by atoms with Crippen LogP contribution in [0.4, 0.5) is 24.8 Å². The summed E-state index contributed by atoms with van der Waals surface area (Å²) >= 11 is 2.48. The molecule has 0 aromatic carbocycles. The maximum absolute atomic E-state index is 13.3. The van der Waals surface area contributed by atoms with Crippen LogP contribution in [-0.4, -0.2) is 39.6 Å². The van der Waals surface area contributed by atoms with Crippen molar-refractivity contribution >= 4 is 34.7 Å². The van der Waals surface area contributed by atoms with Gasteiger partial charge in [-0.15, -0.1) is 11.3 Å². The van der Waals surface area contributed by atoms with Gasteiger partial charge in [0.25, 0.3) is 0 Å². The van der Waals surface area contributed by atoms with Crippen LogP contribution in [0.5, 0.6) is 0 Å². The molecule has 4 heterocycles. The van der Waals surface area contributed by atoms with Crippen molar-refractivity contribution in [3.8, 4) is 0 Å². The Morgan fingerprint density at radius 3 is 2.76 bits per heavy atom. The number of halogens is 3. The molecule has 1 saturated carbocycles. The molecule has 0 amide bonds. The molecule has 12 heteroatoms. The minimum Gasteiger partial charge on any atom is -0.381 e. The van der Waals surface area contributed by atoms with Gasteiger partial charge in [-0.2, -0.15) is 13.2 Å². The first kappa shape index (κ1) is 22.4. The predicted octanol–water partition coefficient (Wildman–Crippen LogP) is 3.74. The Kier molecular flexibility index (Phi) is 5.49. The van der Waals surface area contributed by atoms with Gasteiger partial charge in [0.1, 0.15) is 15.9 Å². The summed E-state index contributed by atoms with van der Waals surface area (Å²) in [6.07, 6.45) is -0.918. The molecular formula is C21H22F3N7S2. The Morgan fingerprint density at radius 1 is 1.27 bits per heavy atom. The lowest BCUT2D eigenvalue weighted by molar-refractivity contribution is -0.143. The zero-order chi connectivity index (χ0) is 23.4. The second-order valence-corrected chi connectivity index (χ2v) is 10.2. The molecule has 174 valence electrons. The molecule has 1 aliphatic carbocycles. The molecule has 0 spiro atoms. The van der Waals surface area contributed by atoms with Gasteiger partial charge in [-0.05, 0) is 37.3 Å². The number of thiazole rings is 1. The van der Waals surface area contributed by atoms with Crippen molar-refractivity contribution in [3.63, 3.8) is 0 Å². The van der Waals surface area contributed by atoms with Gasteiger partial charge in [-0.3, -0.25) is 4.98 Å². The second kappa shape index (κ2) is 8.10. The molecule has 1 saturated heterocycles. The number of anilines is 2. The lowest BCUT2D eigenvalue weighted by Crippen LogP contribution is -2.32. The van der Waals surface area contributed by atoms with Crippen LogP contribution in [-0.2, 0) is 11.6 Å². The number of nitrogen functional groups attached to an aromatic ring is 1. The number of fused-ring (bicyclic) bond motifs is 1. The highest BCUT2D eigenvalue weighted by Crippen LogP contribution is 2.63. The Morgan fingerprint density at radius 2 is 2.09 bits per heavy atom. The van der Waals surface area contributed by atoms with Crippen LogP contribution in [0, 0.1) is 18.8 Å². The maximum atomic E-state index is 13.3. The van der Waals surface area contributed by atoms with E-state index in [4.69, 9.17) is 16.5 Å². The SMILES string of the molecule is Cc1csc([C@@]2(CN)[C@@H]3CCN(c4cnc(Sc5cccnc5C(F)(F)F)c(N)n4)C[C@@H]32)n1. The summed E-state index contributed by atoms with van der Waals surface area (Å²) < 4.78 is 39.8. The number of aromatic nitrogens is 4. The summed E-state index contributed by atoms with van der Waals surface area (Å²) in [7, 11) is 0. The molecule has 5 rings (SSSR count). The van der Waals surface area contributed by atoms with Crippen molar-refractivity contribution in [1.29, 1.82) is 0 Å². The number of piperidine rings is 1. The van der Waals surface area contributed by atoms with E-state index >= 15 is 0 Å². The number of hydrogen-bond donors (Lipinski definition) is 2. The number of alkyl halides is 3. The highest BCUT2D eigenvalue weighted by molar-refractivity contribution is 7.99. The molecule has 1 aliphatic heterocycles. The Bertz CT molecular complexity index is 1180. The number of nitrogens with two attached hydrogens (primary N) is 2. The molecule has 3 aromatic rings. The van der Waals surface area contributed by atoms with E-state index in [-0.39, 0.29) is 21.2 Å². The van der Waals surface area contributed by atoms with E-state index in [0.717, 1.165) is 48.2 Å². The van der Waals surface area contributed by atoms with Crippen LogP contribution in [0.1, 0.15) is 22.8 Å². The Labute approximate surface area is 196 Å². The quantitative estimate of drug-likeness (QED) is 0.554. The van der Waals surface area contributed by atoms with Crippen molar-refractivity contribution in [3.05, 3.63) is 46.3 Å². The van der Waals surface area contributed by atoms with Crippen LogP contribution >= 0.6 is 23.1 Å². The fraction of sp³-hybridized carbons (Fsp3) is 0.429. The first-order chi connectivity index (χ1) is 15.7. The second-order valence-electron chi connectivity index (χ2n) is 8.35. The van der Waals surface area contributed by atoms with Crippen LogP contribution in [0.15, 0.2) is 39.8 Å². The molecular weight excluding hydrogens is 471 g/mol. The van der Waals surface area contributed by atoms with Crippen molar-refractivity contribution in [2.75, 3.05) is 30.3 Å². The normalized spacial score (nSPS) is 24.6. The minimum atomic E-state index is -4.56. The van der Waals surface area contributed by atoms with Crippen molar-refractivity contribution in [1.82, 2.24) is 19.9 Å². The molecule has 3 atom stereocenters. The topological polar surface area (TPSA) is 107 Å². The monoisotopic (exact) mass is 493 g/mol. The minimum absolute atomic E-state index is 0.0657. The van der Waals surface area contributed by atoms with Crippen LogP contribution in [0.25, 0.3) is 0 Å². The molecule has 0 bridgehead atoms. The summed E-state index contributed by atoms with van der Waals surface area (Å²) in [5.41, 5.74) is 12.3. The van der Waals surface area contributed by atoms with Crippen molar-refractivity contribution < 1.29 is 13.2 Å². The number of pyridine rings is 1. The average molecular weight is 494 g/mol. The number of aryl methyl sites for hydroxylation is 1. The third-order valence-electron chi connectivity index (χ3n) is 6.50. The molecule has 3 aromatic heterocycles. The third-order valence-corrected chi connectivity index (χ3v) is 8.71. The molecule has 2 fully saturated rings. The first-order valence-electron chi connectivity index (χ1n) is 10.4. The summed E-state index contributed by atoms with van der Waals surface area (Å²) in [4.78, 5) is 19.0. The Hall–Kier alpha value is -2.44. The van der Waals surface area contributed by atoms with Gasteiger partial charge in [0.2, 0.25) is 0 Å². The fourth-order valence-electron chi connectivity index (χ4n) is 4.86. The first-order valence-corrected chi connectivity index (χ1v) is 12.1. The summed E-state index contributed by atoms with van der Waals surface area (Å²) in [6, 6.07) is 2.79. The number of nitrogens with zero attached hydrogens (tertiary/aromatic N) is 5. The molecule has 33 heavy (non-hydrogen) atoms. The average Bonchev–Trinajstić information content (AvgIpc) is 3.24. The lowest BCUT2D eigenvalue weighted by atomic mass is 10.0. The van der Waals surface area contributed by atoms with Crippen molar-refractivity contribution in [2.45, 2.75) is 34.9 Å². The molecule has 2 aliphatic rings. The van der Waals surface area contributed by atoms with E-state index in [1.165, 1.54) is 12.1 Å². The zero-order valence-electron chi connectivity index (χ0n) is 17.7. The van der Waals surface area contributed by atoms with Crippen LogP contribution < -0.4 is 16.4 Å². The predicted molar refractivity (Wildman–Crippen MR) is 121 cm³/mol. The fourth-order valence-corrected chi connectivity index (χ4v) is 6.88. The van der Waals surface area contributed by atoms with Crippen molar-refractivity contribution in [2.24, 2.45) is 17.6 Å². The van der Waals surface area contributed by atoms with Crippen LogP contribution in [0.2, 0.25) is 0 Å². The summed E-state index contributed by atoms with van der Waals surface area (Å²) in [5.74, 6) is 1.58. The molecule has 0 unspecified atom stereocenters. The van der Waals surface area contributed by atoms with Gasteiger partial charge < -0.3 is 16.4 Å².